The Balaban J connectivity index is 1.44. The summed E-state index contributed by atoms with van der Waals surface area (Å²) in [4.78, 5) is 41.1. The monoisotopic (exact) mass is 397 g/mol. The molecule has 3 aliphatic rings. The van der Waals surface area contributed by atoms with Crippen molar-refractivity contribution in [2.45, 2.75) is 25.2 Å². The Labute approximate surface area is 173 Å². The molecule has 1 saturated heterocycles. The highest BCUT2D eigenvalue weighted by molar-refractivity contribution is 6.23. The maximum Gasteiger partial charge on any atom is 0.278 e. The average molecular weight is 397 g/mol. The average Bonchev–Trinajstić information content (AvgIpc) is 3.49. The van der Waals surface area contributed by atoms with Gasteiger partial charge in [-0.2, -0.15) is 9.78 Å². The number of anilines is 1. The molecule has 6 heteroatoms. The van der Waals surface area contributed by atoms with Crippen LogP contribution in [-0.2, 0) is 9.59 Å². The van der Waals surface area contributed by atoms with Crippen LogP contribution in [0.1, 0.15) is 45.6 Å². The second-order valence-corrected chi connectivity index (χ2v) is 8.31. The van der Waals surface area contributed by atoms with Crippen LogP contribution in [0.5, 0.6) is 0 Å². The number of hydrogen-bond acceptors (Lipinski definition) is 4. The van der Waals surface area contributed by atoms with Crippen molar-refractivity contribution in [1.82, 2.24) is 9.78 Å². The van der Waals surface area contributed by atoms with Crippen molar-refractivity contribution in [3.05, 3.63) is 83.2 Å². The van der Waals surface area contributed by atoms with Gasteiger partial charge in [0.2, 0.25) is 11.8 Å². The quantitative estimate of drug-likeness (QED) is 0.622. The van der Waals surface area contributed by atoms with E-state index in [0.717, 1.165) is 23.4 Å². The molecule has 0 unspecified atom stereocenters. The molecule has 2 aliphatic carbocycles. The molecule has 4 atom stereocenters. The molecule has 2 fully saturated rings. The highest BCUT2D eigenvalue weighted by Crippen LogP contribution is 2.63. The van der Waals surface area contributed by atoms with Crippen molar-refractivity contribution in [1.29, 1.82) is 0 Å². The molecule has 148 valence electrons. The molecule has 1 aliphatic heterocycles. The number of fused-ring (bicyclic) bond motifs is 8. The van der Waals surface area contributed by atoms with E-state index in [0.29, 0.717) is 11.3 Å². The minimum atomic E-state index is -0.423. The third-order valence-electron chi connectivity index (χ3n) is 6.87. The Morgan fingerprint density at radius 1 is 0.900 bits per heavy atom. The number of aryl methyl sites for hydroxylation is 1. The SMILES string of the molecule is Cc1nn(C(=O)c2ccccc2)c2c1[C@H]1C[C@@H]2[C@@H]2C(=O)N(c3ccccc3)C(=O)[C@@H]21. The van der Waals surface area contributed by atoms with E-state index in [-0.39, 0.29) is 35.5 Å². The molecule has 2 bridgehead atoms. The summed E-state index contributed by atoms with van der Waals surface area (Å²) >= 11 is 0. The molecule has 0 radical (unpaired) electrons. The lowest BCUT2D eigenvalue weighted by molar-refractivity contribution is -0.123. The smallest absolute Gasteiger partial charge is 0.274 e. The van der Waals surface area contributed by atoms with Crippen LogP contribution >= 0.6 is 0 Å². The number of rotatable bonds is 2. The summed E-state index contributed by atoms with van der Waals surface area (Å²) in [6, 6.07) is 18.1. The van der Waals surface area contributed by atoms with Crippen molar-refractivity contribution in [3.63, 3.8) is 0 Å². The Morgan fingerprint density at radius 2 is 1.50 bits per heavy atom. The minimum absolute atomic E-state index is 0.0579. The van der Waals surface area contributed by atoms with Crippen LogP contribution in [0.25, 0.3) is 0 Å². The van der Waals surface area contributed by atoms with E-state index in [2.05, 4.69) is 5.10 Å². The van der Waals surface area contributed by atoms with Gasteiger partial charge in [-0.25, -0.2) is 0 Å². The largest absolute Gasteiger partial charge is 0.278 e. The van der Waals surface area contributed by atoms with Crippen LogP contribution in [0.15, 0.2) is 60.7 Å². The van der Waals surface area contributed by atoms with Gasteiger partial charge in [0.25, 0.3) is 5.91 Å². The lowest BCUT2D eigenvalue weighted by Crippen LogP contribution is -2.32. The van der Waals surface area contributed by atoms with Gasteiger partial charge < -0.3 is 0 Å². The van der Waals surface area contributed by atoms with Crippen molar-refractivity contribution in [2.75, 3.05) is 4.90 Å². The molecule has 0 spiro atoms. The third kappa shape index (κ3) is 2.08. The maximum atomic E-state index is 13.3. The number of carbonyl (C=O) groups excluding carboxylic acids is 3. The number of aromatic nitrogens is 2. The molecular weight excluding hydrogens is 378 g/mol. The van der Waals surface area contributed by atoms with Crippen molar-refractivity contribution < 1.29 is 14.4 Å². The van der Waals surface area contributed by atoms with Gasteiger partial charge in [0.1, 0.15) is 0 Å². The van der Waals surface area contributed by atoms with Gasteiger partial charge in [-0.15, -0.1) is 0 Å². The normalized spacial score (nSPS) is 26.2. The first-order valence-electron chi connectivity index (χ1n) is 10.2. The van der Waals surface area contributed by atoms with E-state index in [1.54, 1.807) is 24.3 Å². The Bertz CT molecular complexity index is 1220. The van der Waals surface area contributed by atoms with Gasteiger partial charge in [-0.1, -0.05) is 36.4 Å². The second-order valence-electron chi connectivity index (χ2n) is 8.31. The van der Waals surface area contributed by atoms with E-state index in [9.17, 15) is 14.4 Å². The zero-order valence-corrected chi connectivity index (χ0v) is 16.4. The van der Waals surface area contributed by atoms with E-state index < -0.39 is 5.92 Å². The molecule has 2 aromatic carbocycles. The predicted octanol–water partition coefficient (Wildman–Crippen LogP) is 3.27. The summed E-state index contributed by atoms with van der Waals surface area (Å²) in [5, 5.41) is 4.53. The van der Waals surface area contributed by atoms with Crippen molar-refractivity contribution in [3.8, 4) is 0 Å². The van der Waals surface area contributed by atoms with E-state index >= 15 is 0 Å². The molecule has 1 saturated carbocycles. The first kappa shape index (κ1) is 17.3. The summed E-state index contributed by atoms with van der Waals surface area (Å²) < 4.78 is 1.48. The van der Waals surface area contributed by atoms with Gasteiger partial charge in [0.05, 0.1) is 28.9 Å². The topological polar surface area (TPSA) is 72.3 Å². The molecule has 3 aromatic rings. The fourth-order valence-corrected chi connectivity index (χ4v) is 5.77. The Morgan fingerprint density at radius 3 is 2.17 bits per heavy atom. The van der Waals surface area contributed by atoms with Gasteiger partial charge >= 0.3 is 0 Å². The summed E-state index contributed by atoms with van der Waals surface area (Å²) in [5.74, 6) is -1.48. The number of hydrogen-bond donors (Lipinski definition) is 0. The minimum Gasteiger partial charge on any atom is -0.274 e. The second kappa shape index (κ2) is 5.98. The molecule has 0 N–H and O–H groups in total. The highest BCUT2D eigenvalue weighted by atomic mass is 16.2. The van der Waals surface area contributed by atoms with Crippen LogP contribution in [0.2, 0.25) is 0 Å². The van der Waals surface area contributed by atoms with Crippen LogP contribution < -0.4 is 4.90 Å². The summed E-state index contributed by atoms with van der Waals surface area (Å²) in [6.45, 7) is 1.89. The third-order valence-corrected chi connectivity index (χ3v) is 6.87. The van der Waals surface area contributed by atoms with E-state index in [1.807, 2.05) is 43.3 Å². The number of benzene rings is 2. The van der Waals surface area contributed by atoms with Gasteiger partial charge in [-0.3, -0.25) is 19.3 Å². The summed E-state index contributed by atoms with van der Waals surface area (Å²) in [7, 11) is 0. The summed E-state index contributed by atoms with van der Waals surface area (Å²) in [6.07, 6.45) is 0.728. The zero-order valence-electron chi connectivity index (χ0n) is 16.4. The first-order valence-corrected chi connectivity index (χ1v) is 10.2. The lowest BCUT2D eigenvalue weighted by Gasteiger charge is -2.22. The van der Waals surface area contributed by atoms with Crippen molar-refractivity contribution in [2.24, 2.45) is 11.8 Å². The van der Waals surface area contributed by atoms with E-state index in [4.69, 9.17) is 0 Å². The number of carbonyl (C=O) groups is 3. The highest BCUT2D eigenvalue weighted by Gasteiger charge is 2.65. The summed E-state index contributed by atoms with van der Waals surface area (Å²) in [5.41, 5.74) is 3.76. The fourth-order valence-electron chi connectivity index (χ4n) is 5.77. The van der Waals surface area contributed by atoms with Crippen LogP contribution in [-0.4, -0.2) is 27.5 Å². The zero-order chi connectivity index (χ0) is 20.6. The van der Waals surface area contributed by atoms with Crippen LogP contribution in [0, 0.1) is 18.8 Å². The maximum absolute atomic E-state index is 13.3. The lowest BCUT2D eigenvalue weighted by atomic mass is 9.79. The first-order chi connectivity index (χ1) is 14.6. The number of para-hydroxylation sites is 1. The molecule has 6 nitrogen and oxygen atoms in total. The van der Waals surface area contributed by atoms with Gasteiger partial charge in [0, 0.05) is 23.0 Å². The van der Waals surface area contributed by atoms with Crippen LogP contribution in [0.3, 0.4) is 0 Å². The molecule has 2 heterocycles. The van der Waals surface area contributed by atoms with E-state index in [1.165, 1.54) is 9.58 Å². The Hall–Kier alpha value is -3.54. The van der Waals surface area contributed by atoms with Crippen molar-refractivity contribution >= 4 is 23.4 Å². The number of imide groups is 1. The van der Waals surface area contributed by atoms with Gasteiger partial charge in [-0.05, 0) is 37.6 Å². The molecule has 6 rings (SSSR count). The predicted molar refractivity (Wildman–Crippen MR) is 109 cm³/mol. The number of nitrogens with zero attached hydrogens (tertiary/aromatic N) is 3. The van der Waals surface area contributed by atoms with Gasteiger partial charge in [0.15, 0.2) is 0 Å². The number of amides is 2. The molecule has 2 amide bonds. The fraction of sp³-hybridized carbons (Fsp3) is 0.250. The molecule has 1 aromatic heterocycles. The Kier molecular flexibility index (Phi) is 3.46. The standard InChI is InChI=1S/C24H19N3O3/c1-13-18-16-12-17(21(18)27(25-13)22(28)14-8-4-2-5-9-14)20-19(16)23(29)26(24(20)30)15-10-6-3-7-11-15/h2-11,16-17,19-20H,12H2,1H3/t16-,17-,19-,20+/m1/s1. The van der Waals surface area contributed by atoms with Crippen LogP contribution in [0.4, 0.5) is 5.69 Å². The molecular formula is C24H19N3O3. The molecule has 30 heavy (non-hydrogen) atoms.